The summed E-state index contributed by atoms with van der Waals surface area (Å²) < 4.78 is 11.8. The average Bonchev–Trinajstić information content (AvgIpc) is 3.40. The summed E-state index contributed by atoms with van der Waals surface area (Å²) in [4.78, 5) is 34.8. The van der Waals surface area contributed by atoms with Crippen LogP contribution in [-0.2, 0) is 14.4 Å². The lowest BCUT2D eigenvalue weighted by atomic mass is 9.90. The molecule has 0 spiro atoms. The number of fused-ring (bicyclic) bond motifs is 1. The van der Waals surface area contributed by atoms with Crippen molar-refractivity contribution in [2.75, 3.05) is 23.2 Å². The molecule has 2 aliphatic heterocycles. The van der Waals surface area contributed by atoms with E-state index in [0.29, 0.717) is 30.4 Å². The molecule has 0 N–H and O–H groups in total. The number of carbonyl (C=O) groups excluding carboxylic acids is 2. The van der Waals surface area contributed by atoms with Crippen LogP contribution in [0.4, 0.5) is 11.4 Å². The van der Waals surface area contributed by atoms with Crippen LogP contribution in [0.5, 0.6) is 11.5 Å². The number of hydroxylamine groups is 1. The number of rotatable bonds is 8. The molecule has 3 aromatic rings. The van der Waals surface area contributed by atoms with Crippen LogP contribution in [0, 0.1) is 12.8 Å². The van der Waals surface area contributed by atoms with Crippen molar-refractivity contribution in [1.82, 2.24) is 0 Å². The lowest BCUT2D eigenvalue weighted by molar-refractivity contribution is -0.126. The van der Waals surface area contributed by atoms with Crippen LogP contribution in [0.3, 0.4) is 0 Å². The zero-order valence-electron chi connectivity index (χ0n) is 20.7. The number of hydrogen-bond acceptors (Lipinski definition) is 6. The number of carbonyl (C=O) groups is 2. The summed E-state index contributed by atoms with van der Waals surface area (Å²) in [5, 5.41) is 1.69. The molecule has 3 atom stereocenters. The number of nitrogens with zero attached hydrogens (tertiary/aromatic N) is 2. The Morgan fingerprint density at radius 2 is 1.58 bits per heavy atom. The van der Waals surface area contributed by atoms with Crippen LogP contribution in [0.2, 0.25) is 0 Å². The first-order valence-corrected chi connectivity index (χ1v) is 12.4. The van der Waals surface area contributed by atoms with Crippen molar-refractivity contribution >= 4 is 23.2 Å². The third-order valence-electron chi connectivity index (χ3n) is 6.49. The van der Waals surface area contributed by atoms with E-state index in [1.54, 1.807) is 17.2 Å². The fourth-order valence-electron chi connectivity index (χ4n) is 4.81. The van der Waals surface area contributed by atoms with Gasteiger partial charge in [-0.3, -0.25) is 14.4 Å². The minimum absolute atomic E-state index is 0.276. The van der Waals surface area contributed by atoms with Gasteiger partial charge in [-0.25, -0.2) is 9.96 Å². The number of benzene rings is 3. The maximum atomic E-state index is 13.8. The third kappa shape index (κ3) is 4.20. The normalized spacial score (nSPS) is 21.1. The summed E-state index contributed by atoms with van der Waals surface area (Å²) in [7, 11) is 0. The SMILES string of the molecule is CCCOc1ccc([C@@H]2[C@@H]3C(=O)N(c4ccc(C)cc4)C(=O)[C@@H]3ON2c2ccccc2)cc1OCC. The van der Waals surface area contributed by atoms with Gasteiger partial charge in [-0.1, -0.05) is 48.9 Å². The van der Waals surface area contributed by atoms with Gasteiger partial charge in [0.25, 0.3) is 5.91 Å². The lowest BCUT2D eigenvalue weighted by Crippen LogP contribution is -2.37. The first kappa shape index (κ1) is 23.9. The minimum atomic E-state index is -0.921. The predicted octanol–water partition coefficient (Wildman–Crippen LogP) is 5.23. The molecule has 2 heterocycles. The minimum Gasteiger partial charge on any atom is -0.490 e. The molecule has 186 valence electrons. The highest BCUT2D eigenvalue weighted by atomic mass is 16.7. The molecule has 0 radical (unpaired) electrons. The maximum absolute atomic E-state index is 13.8. The van der Waals surface area contributed by atoms with Gasteiger partial charge in [-0.2, -0.15) is 0 Å². The van der Waals surface area contributed by atoms with Crippen molar-refractivity contribution in [1.29, 1.82) is 0 Å². The number of para-hydroxylation sites is 1. The third-order valence-corrected chi connectivity index (χ3v) is 6.49. The molecule has 5 rings (SSSR count). The molecule has 0 saturated carbocycles. The zero-order chi connectivity index (χ0) is 25.2. The van der Waals surface area contributed by atoms with E-state index in [2.05, 4.69) is 0 Å². The number of amides is 2. The van der Waals surface area contributed by atoms with Gasteiger partial charge in [0.1, 0.15) is 5.92 Å². The van der Waals surface area contributed by atoms with E-state index in [0.717, 1.165) is 23.2 Å². The number of imide groups is 1. The fraction of sp³-hybridized carbons (Fsp3) is 0.310. The van der Waals surface area contributed by atoms with Crippen LogP contribution in [0.1, 0.15) is 37.4 Å². The van der Waals surface area contributed by atoms with Gasteiger partial charge in [-0.15, -0.1) is 0 Å². The topological polar surface area (TPSA) is 68.3 Å². The Bertz CT molecular complexity index is 1240. The highest BCUT2D eigenvalue weighted by molar-refractivity contribution is 6.23. The van der Waals surface area contributed by atoms with Gasteiger partial charge in [0.05, 0.1) is 30.6 Å². The van der Waals surface area contributed by atoms with E-state index in [4.69, 9.17) is 14.3 Å². The number of anilines is 2. The molecule has 2 amide bonds. The smallest absolute Gasteiger partial charge is 0.266 e. The molecule has 7 nitrogen and oxygen atoms in total. The monoisotopic (exact) mass is 486 g/mol. The molecule has 7 heteroatoms. The Hall–Kier alpha value is -3.84. The Morgan fingerprint density at radius 3 is 2.28 bits per heavy atom. The first-order valence-electron chi connectivity index (χ1n) is 12.4. The number of hydrogen-bond donors (Lipinski definition) is 0. The maximum Gasteiger partial charge on any atom is 0.266 e. The molecule has 3 aromatic carbocycles. The largest absolute Gasteiger partial charge is 0.490 e. The predicted molar refractivity (Wildman–Crippen MR) is 137 cm³/mol. The Labute approximate surface area is 211 Å². The standard InChI is InChI=1S/C29H30N2O5/c1-4-17-35-23-16-13-20(18-24(23)34-5-2)26-25-27(36-31(26)22-9-7-6-8-10-22)29(33)30(28(25)32)21-14-11-19(3)12-15-21/h6-16,18,25-27H,4-5,17H2,1-3H3/t25-,26+,27+/m0/s1. The summed E-state index contributed by atoms with van der Waals surface area (Å²) in [6, 6.07) is 22.1. The van der Waals surface area contributed by atoms with Crippen molar-refractivity contribution in [3.05, 3.63) is 83.9 Å². The van der Waals surface area contributed by atoms with Crippen molar-refractivity contribution in [2.24, 2.45) is 5.92 Å². The second kappa shape index (κ2) is 10.0. The highest BCUT2D eigenvalue weighted by Crippen LogP contribution is 2.48. The van der Waals surface area contributed by atoms with Crippen LogP contribution in [0.25, 0.3) is 0 Å². The van der Waals surface area contributed by atoms with E-state index in [1.807, 2.05) is 81.4 Å². The van der Waals surface area contributed by atoms with Crippen LogP contribution >= 0.6 is 0 Å². The van der Waals surface area contributed by atoms with E-state index in [1.165, 1.54) is 4.90 Å². The number of aryl methyl sites for hydroxylation is 1. The lowest BCUT2D eigenvalue weighted by Gasteiger charge is -2.29. The molecule has 2 aliphatic rings. The second-order valence-electron chi connectivity index (χ2n) is 8.99. The summed E-state index contributed by atoms with van der Waals surface area (Å²) in [5.74, 6) is -0.0889. The molecule has 2 fully saturated rings. The molecule has 0 bridgehead atoms. The van der Waals surface area contributed by atoms with E-state index in [9.17, 15) is 9.59 Å². The molecule has 36 heavy (non-hydrogen) atoms. The van der Waals surface area contributed by atoms with Gasteiger partial charge in [0, 0.05) is 0 Å². The van der Waals surface area contributed by atoms with Gasteiger partial charge in [0.2, 0.25) is 5.91 Å². The van der Waals surface area contributed by atoms with Crippen molar-refractivity contribution in [2.45, 2.75) is 39.3 Å². The zero-order valence-corrected chi connectivity index (χ0v) is 20.7. The molecular formula is C29H30N2O5. The van der Waals surface area contributed by atoms with E-state index >= 15 is 0 Å². The molecular weight excluding hydrogens is 456 g/mol. The Balaban J connectivity index is 1.57. The Morgan fingerprint density at radius 1 is 0.833 bits per heavy atom. The first-order chi connectivity index (χ1) is 17.5. The molecule has 2 saturated heterocycles. The molecule has 0 unspecified atom stereocenters. The Kier molecular flexibility index (Phi) is 6.65. The van der Waals surface area contributed by atoms with Crippen LogP contribution in [0.15, 0.2) is 72.8 Å². The second-order valence-corrected chi connectivity index (χ2v) is 8.99. The van der Waals surface area contributed by atoms with Gasteiger partial charge in [0.15, 0.2) is 17.6 Å². The average molecular weight is 487 g/mol. The van der Waals surface area contributed by atoms with Crippen molar-refractivity contribution < 1.29 is 23.9 Å². The summed E-state index contributed by atoms with van der Waals surface area (Å²) in [6.45, 7) is 6.98. The summed E-state index contributed by atoms with van der Waals surface area (Å²) in [6.07, 6.45) is -0.0450. The summed E-state index contributed by atoms with van der Waals surface area (Å²) >= 11 is 0. The molecule has 0 aromatic heterocycles. The van der Waals surface area contributed by atoms with Gasteiger partial charge >= 0.3 is 0 Å². The van der Waals surface area contributed by atoms with Crippen LogP contribution < -0.4 is 19.4 Å². The van der Waals surface area contributed by atoms with E-state index < -0.39 is 18.1 Å². The highest BCUT2D eigenvalue weighted by Gasteiger charge is 2.60. The van der Waals surface area contributed by atoms with Gasteiger partial charge < -0.3 is 9.47 Å². The van der Waals surface area contributed by atoms with Crippen molar-refractivity contribution in [3.63, 3.8) is 0 Å². The number of ether oxygens (including phenoxy) is 2. The van der Waals surface area contributed by atoms with Crippen molar-refractivity contribution in [3.8, 4) is 11.5 Å². The van der Waals surface area contributed by atoms with E-state index in [-0.39, 0.29) is 11.8 Å². The summed E-state index contributed by atoms with van der Waals surface area (Å²) in [5.41, 5.74) is 3.18. The quantitative estimate of drug-likeness (QED) is 0.406. The van der Waals surface area contributed by atoms with Gasteiger partial charge in [-0.05, 0) is 62.2 Å². The van der Waals surface area contributed by atoms with Crippen LogP contribution in [-0.4, -0.2) is 31.1 Å². The fourth-order valence-corrected chi connectivity index (χ4v) is 4.81. The molecule has 0 aliphatic carbocycles.